The van der Waals surface area contributed by atoms with Crippen LogP contribution in [-0.4, -0.2) is 62.8 Å². The summed E-state index contributed by atoms with van der Waals surface area (Å²) in [4.78, 5) is 53.2. The van der Waals surface area contributed by atoms with E-state index in [1.807, 2.05) is 0 Å². The zero-order valence-electron chi connectivity index (χ0n) is 27.4. The molecule has 266 valence electrons. The van der Waals surface area contributed by atoms with Gasteiger partial charge in [-0.3, -0.25) is 24.2 Å². The van der Waals surface area contributed by atoms with Crippen LogP contribution < -0.4 is 5.32 Å². The zero-order valence-corrected chi connectivity index (χ0v) is 28.3. The summed E-state index contributed by atoms with van der Waals surface area (Å²) < 4.78 is 30.8. The predicted octanol–water partition coefficient (Wildman–Crippen LogP) is 7.15. The summed E-state index contributed by atoms with van der Waals surface area (Å²) >= 11 is 0. The smallest absolute Gasteiger partial charge is 0.462 e. The SMILES string of the molecule is CCCCCCCCCCCCCCCC(=O)OC[C@H](COP(=O)(O)O)OC(=O)CCCCCNc1ccc([N+](=O)[O-])c2nonc12. The number of aromatic nitrogens is 2. The molecule has 0 saturated heterocycles. The first-order valence-corrected chi connectivity index (χ1v) is 18.3. The number of non-ortho nitro benzene ring substituents is 1. The first kappa shape index (κ1) is 40.0. The zero-order chi connectivity index (χ0) is 34.3. The van der Waals surface area contributed by atoms with Crippen LogP contribution in [0.25, 0.3) is 11.0 Å². The minimum Gasteiger partial charge on any atom is -0.462 e. The lowest BCUT2D eigenvalue weighted by molar-refractivity contribution is -0.383. The Labute approximate surface area is 275 Å². The molecule has 0 aliphatic rings. The number of fused-ring (bicyclic) bond motifs is 1. The van der Waals surface area contributed by atoms with Crippen molar-refractivity contribution in [1.82, 2.24) is 10.3 Å². The third-order valence-corrected chi connectivity index (χ3v) is 8.09. The second kappa shape index (κ2) is 23.2. The highest BCUT2D eigenvalue weighted by molar-refractivity contribution is 7.46. The van der Waals surface area contributed by atoms with Crippen LogP contribution in [0.2, 0.25) is 0 Å². The van der Waals surface area contributed by atoms with Gasteiger partial charge in [-0.25, -0.2) is 9.19 Å². The van der Waals surface area contributed by atoms with Crippen LogP contribution in [0.15, 0.2) is 16.8 Å². The van der Waals surface area contributed by atoms with E-state index >= 15 is 0 Å². The molecule has 0 unspecified atom stereocenters. The Morgan fingerprint density at radius 3 is 2.00 bits per heavy atom. The van der Waals surface area contributed by atoms with Gasteiger partial charge in [-0.15, -0.1) is 0 Å². The number of phosphoric ester groups is 1. The topological polar surface area (TPSA) is 213 Å². The average Bonchev–Trinajstić information content (AvgIpc) is 3.52. The first-order valence-electron chi connectivity index (χ1n) is 16.8. The number of nitrogens with one attached hydrogen (secondary N) is 1. The molecule has 0 spiro atoms. The molecule has 0 aliphatic carbocycles. The van der Waals surface area contributed by atoms with Crippen LogP contribution in [0.1, 0.15) is 122 Å². The third-order valence-electron chi connectivity index (χ3n) is 7.61. The van der Waals surface area contributed by atoms with Gasteiger partial charge in [0.1, 0.15) is 6.61 Å². The number of rotatable bonds is 28. The van der Waals surface area contributed by atoms with Crippen molar-refractivity contribution in [2.75, 3.05) is 25.1 Å². The van der Waals surface area contributed by atoms with E-state index < -0.39 is 37.4 Å². The van der Waals surface area contributed by atoms with E-state index in [-0.39, 0.29) is 36.2 Å². The lowest BCUT2D eigenvalue weighted by atomic mass is 10.0. The van der Waals surface area contributed by atoms with Crippen molar-refractivity contribution >= 4 is 42.2 Å². The Kier molecular flexibility index (Phi) is 19.8. The molecule has 0 fully saturated rings. The van der Waals surface area contributed by atoms with Crippen LogP contribution in [-0.2, 0) is 28.2 Å². The highest BCUT2D eigenvalue weighted by Crippen LogP contribution is 2.36. The van der Waals surface area contributed by atoms with E-state index in [2.05, 4.69) is 31.7 Å². The highest BCUT2D eigenvalue weighted by Gasteiger charge is 2.23. The number of hydrogen-bond donors (Lipinski definition) is 3. The number of nitro groups is 1. The van der Waals surface area contributed by atoms with Gasteiger partial charge in [0.15, 0.2) is 11.6 Å². The monoisotopic (exact) mass is 686 g/mol. The third kappa shape index (κ3) is 18.1. The molecule has 2 rings (SSSR count). The van der Waals surface area contributed by atoms with Crippen molar-refractivity contribution in [3.63, 3.8) is 0 Å². The second-order valence-electron chi connectivity index (χ2n) is 11.7. The molecule has 16 heteroatoms. The number of phosphoric acid groups is 1. The van der Waals surface area contributed by atoms with Gasteiger partial charge in [0.25, 0.3) is 0 Å². The van der Waals surface area contributed by atoms with Crippen molar-refractivity contribution in [1.29, 1.82) is 0 Å². The molecule has 0 radical (unpaired) electrons. The van der Waals surface area contributed by atoms with E-state index in [1.165, 1.54) is 69.9 Å². The van der Waals surface area contributed by atoms with E-state index in [1.54, 1.807) is 0 Å². The molecule has 1 aromatic carbocycles. The number of nitro benzene ring substituents is 1. The molecule has 0 amide bonds. The van der Waals surface area contributed by atoms with Gasteiger partial charge in [0, 0.05) is 25.5 Å². The number of hydrogen-bond acceptors (Lipinski definition) is 12. The molecule has 3 N–H and O–H groups in total. The number of benzene rings is 1. The lowest BCUT2D eigenvalue weighted by Gasteiger charge is -2.18. The van der Waals surface area contributed by atoms with Gasteiger partial charge in [-0.2, -0.15) is 0 Å². The Hall–Kier alpha value is -3.13. The maximum atomic E-state index is 12.4. The molecule has 1 aromatic heterocycles. The second-order valence-corrected chi connectivity index (χ2v) is 12.9. The number of unbranched alkanes of at least 4 members (excludes halogenated alkanes) is 14. The summed E-state index contributed by atoms with van der Waals surface area (Å²) in [6.07, 6.45) is 16.3. The molecular weight excluding hydrogens is 635 g/mol. The number of carbonyl (C=O) groups is 2. The van der Waals surface area contributed by atoms with Gasteiger partial charge in [-0.1, -0.05) is 90.4 Å². The van der Waals surface area contributed by atoms with Gasteiger partial charge in [0.05, 0.1) is 17.2 Å². The number of esters is 2. The fraction of sp³-hybridized carbons (Fsp3) is 0.742. The number of carbonyl (C=O) groups excluding carboxylic acids is 2. The van der Waals surface area contributed by atoms with Crippen LogP contribution in [0.5, 0.6) is 0 Å². The fourth-order valence-corrected chi connectivity index (χ4v) is 5.38. The molecule has 15 nitrogen and oxygen atoms in total. The number of ether oxygens (including phenoxy) is 2. The summed E-state index contributed by atoms with van der Waals surface area (Å²) in [5, 5.41) is 21.5. The first-order chi connectivity index (χ1) is 22.6. The summed E-state index contributed by atoms with van der Waals surface area (Å²) in [6.45, 7) is 1.73. The Bertz CT molecular complexity index is 1250. The van der Waals surface area contributed by atoms with Gasteiger partial charge in [-0.05, 0) is 35.6 Å². The molecule has 0 aliphatic heterocycles. The lowest BCUT2D eigenvalue weighted by Crippen LogP contribution is -2.29. The molecule has 1 atom stereocenters. The van der Waals surface area contributed by atoms with Gasteiger partial charge in [0.2, 0.25) is 5.52 Å². The number of nitrogens with zero attached hydrogens (tertiary/aromatic N) is 3. The van der Waals surface area contributed by atoms with Crippen LogP contribution in [0.4, 0.5) is 11.4 Å². The molecule has 0 bridgehead atoms. The van der Waals surface area contributed by atoms with E-state index in [9.17, 15) is 24.3 Å². The summed E-state index contributed by atoms with van der Waals surface area (Å²) in [7, 11) is -4.82. The molecule has 47 heavy (non-hydrogen) atoms. The van der Waals surface area contributed by atoms with Gasteiger partial charge < -0.3 is 24.6 Å². The van der Waals surface area contributed by atoms with Crippen molar-refractivity contribution in [3.8, 4) is 0 Å². The maximum Gasteiger partial charge on any atom is 0.469 e. The fourth-order valence-electron chi connectivity index (χ4n) is 5.02. The highest BCUT2D eigenvalue weighted by atomic mass is 31.2. The average molecular weight is 687 g/mol. The predicted molar refractivity (Wildman–Crippen MR) is 175 cm³/mol. The minimum absolute atomic E-state index is 0.0360. The summed E-state index contributed by atoms with van der Waals surface area (Å²) in [5.41, 5.74) is 0.615. The van der Waals surface area contributed by atoms with Crippen molar-refractivity contribution in [2.24, 2.45) is 0 Å². The largest absolute Gasteiger partial charge is 0.469 e. The number of anilines is 1. The van der Waals surface area contributed by atoms with E-state index in [0.29, 0.717) is 37.9 Å². The molecular formula is C31H51N4O11P. The Morgan fingerprint density at radius 2 is 1.40 bits per heavy atom. The van der Waals surface area contributed by atoms with Crippen molar-refractivity contribution in [3.05, 3.63) is 22.2 Å². The van der Waals surface area contributed by atoms with Crippen LogP contribution >= 0.6 is 7.82 Å². The summed E-state index contributed by atoms with van der Waals surface area (Å²) in [5.74, 6) is -1.08. The quantitative estimate of drug-likeness (QED) is 0.0267. The van der Waals surface area contributed by atoms with Crippen molar-refractivity contribution < 1.29 is 47.5 Å². The van der Waals surface area contributed by atoms with Gasteiger partial charge >= 0.3 is 25.4 Å². The van der Waals surface area contributed by atoms with Crippen molar-refractivity contribution in [2.45, 2.75) is 129 Å². The Morgan fingerprint density at radius 1 is 0.851 bits per heavy atom. The molecule has 1 heterocycles. The van der Waals surface area contributed by atoms with Crippen LogP contribution in [0, 0.1) is 10.1 Å². The standard InChI is InChI=1S/C31H51N4O11P/c1-2-3-4-5-6-7-8-9-10-11-12-13-15-18-28(36)43-23-25(24-44-47(40,41)42)45-29(37)19-16-14-17-22-32-26-20-21-27(35(38)39)31-30(26)33-46-34-31/h20-21,25,32H,2-19,22-24H2,1H3,(H2,40,41,42)/t25-/m1/s1. The minimum atomic E-state index is -4.82. The van der Waals surface area contributed by atoms with Crippen LogP contribution in [0.3, 0.4) is 0 Å². The molecule has 2 aromatic rings. The maximum absolute atomic E-state index is 12.4. The normalized spacial score (nSPS) is 12.2. The Balaban J connectivity index is 1.59. The summed E-state index contributed by atoms with van der Waals surface area (Å²) in [6, 6.07) is 2.84. The molecule has 0 saturated carbocycles. The van der Waals surface area contributed by atoms with E-state index in [0.717, 1.165) is 19.3 Å². The van der Waals surface area contributed by atoms with E-state index in [4.69, 9.17) is 19.3 Å².